The van der Waals surface area contributed by atoms with E-state index in [0.717, 1.165) is 5.56 Å². The normalized spacial score (nSPS) is 10.7. The Morgan fingerprint density at radius 1 is 1.32 bits per heavy atom. The van der Waals surface area contributed by atoms with Crippen molar-refractivity contribution in [1.29, 1.82) is 0 Å². The lowest BCUT2D eigenvalue weighted by Gasteiger charge is -2.07. The van der Waals surface area contributed by atoms with Gasteiger partial charge in [0.05, 0.1) is 26.5 Å². The van der Waals surface area contributed by atoms with Gasteiger partial charge in [-0.25, -0.2) is 4.39 Å². The van der Waals surface area contributed by atoms with E-state index in [2.05, 4.69) is 5.10 Å². The van der Waals surface area contributed by atoms with Crippen LogP contribution < -0.4 is 10.5 Å². The molecule has 2 rings (SSSR count). The molecule has 0 aliphatic rings. The molecule has 1 heterocycles. The summed E-state index contributed by atoms with van der Waals surface area (Å²) >= 11 is 0. The highest BCUT2D eigenvalue weighted by Gasteiger charge is 2.11. The van der Waals surface area contributed by atoms with Crippen LogP contribution in [0.3, 0.4) is 0 Å². The van der Waals surface area contributed by atoms with Crippen molar-refractivity contribution in [3.63, 3.8) is 0 Å². The molecule has 0 unspecified atom stereocenters. The summed E-state index contributed by atoms with van der Waals surface area (Å²) in [5, 5.41) is 4.18. The van der Waals surface area contributed by atoms with Gasteiger partial charge in [0, 0.05) is 18.9 Å². The lowest BCUT2D eigenvalue weighted by Crippen LogP contribution is -2.03. The van der Waals surface area contributed by atoms with Gasteiger partial charge >= 0.3 is 0 Å². The van der Waals surface area contributed by atoms with Crippen molar-refractivity contribution in [2.45, 2.75) is 6.54 Å². The van der Waals surface area contributed by atoms with E-state index in [1.54, 1.807) is 24.1 Å². The summed E-state index contributed by atoms with van der Waals surface area (Å²) in [5.41, 5.74) is 7.06. The molecule has 0 aliphatic carbocycles. The first-order valence-electron chi connectivity index (χ1n) is 5.80. The molecule has 19 heavy (non-hydrogen) atoms. The summed E-state index contributed by atoms with van der Waals surface area (Å²) < 4.78 is 25.4. The maximum absolute atomic E-state index is 13.7. The molecule has 5 nitrogen and oxygen atoms in total. The van der Waals surface area contributed by atoms with Gasteiger partial charge in [0.1, 0.15) is 11.4 Å². The Labute approximate surface area is 110 Å². The molecule has 6 heteroatoms. The quantitative estimate of drug-likeness (QED) is 0.839. The van der Waals surface area contributed by atoms with Gasteiger partial charge < -0.3 is 15.2 Å². The molecule has 0 spiro atoms. The number of anilines is 1. The minimum absolute atomic E-state index is 0.0121. The van der Waals surface area contributed by atoms with Crippen LogP contribution in [-0.4, -0.2) is 30.6 Å². The number of ether oxygens (including phenoxy) is 2. The first kappa shape index (κ1) is 13.4. The van der Waals surface area contributed by atoms with Gasteiger partial charge in [0.15, 0.2) is 5.82 Å². The standard InChI is InChI=1S/C13H16FN3O2/c1-18-4-3-17-8-10(7-16-17)9-5-11(14)13(15)12(6-9)19-2/h5-8H,3-4,15H2,1-2H3. The smallest absolute Gasteiger partial charge is 0.150 e. The number of methoxy groups -OCH3 is 2. The fourth-order valence-electron chi connectivity index (χ4n) is 1.75. The Balaban J connectivity index is 2.31. The van der Waals surface area contributed by atoms with Crippen molar-refractivity contribution in [1.82, 2.24) is 9.78 Å². The van der Waals surface area contributed by atoms with Gasteiger partial charge in [-0.2, -0.15) is 5.10 Å². The molecule has 0 radical (unpaired) electrons. The van der Waals surface area contributed by atoms with Crippen molar-refractivity contribution in [2.75, 3.05) is 26.6 Å². The summed E-state index contributed by atoms with van der Waals surface area (Å²) in [6.45, 7) is 1.21. The molecule has 2 aromatic rings. The van der Waals surface area contributed by atoms with Crippen LogP contribution in [-0.2, 0) is 11.3 Å². The number of aromatic nitrogens is 2. The third-order valence-electron chi connectivity index (χ3n) is 2.80. The molecular weight excluding hydrogens is 249 g/mol. The van der Waals surface area contributed by atoms with E-state index in [-0.39, 0.29) is 5.69 Å². The molecule has 0 amide bonds. The monoisotopic (exact) mass is 265 g/mol. The Kier molecular flexibility index (Phi) is 4.01. The van der Waals surface area contributed by atoms with Crippen LogP contribution in [0.15, 0.2) is 24.5 Å². The van der Waals surface area contributed by atoms with Gasteiger partial charge in [-0.05, 0) is 17.7 Å². The number of benzene rings is 1. The van der Waals surface area contributed by atoms with Crippen molar-refractivity contribution in [2.24, 2.45) is 0 Å². The van der Waals surface area contributed by atoms with Crippen molar-refractivity contribution in [3.05, 3.63) is 30.3 Å². The predicted octanol–water partition coefficient (Wildman–Crippen LogP) is 1.93. The Bertz CT molecular complexity index is 569. The van der Waals surface area contributed by atoms with Crippen LogP contribution in [0.1, 0.15) is 0 Å². The third-order valence-corrected chi connectivity index (χ3v) is 2.80. The van der Waals surface area contributed by atoms with Crippen molar-refractivity contribution < 1.29 is 13.9 Å². The highest BCUT2D eigenvalue weighted by molar-refractivity contribution is 5.69. The lowest BCUT2D eigenvalue weighted by molar-refractivity contribution is 0.183. The molecule has 0 fully saturated rings. The molecule has 0 saturated heterocycles. The van der Waals surface area contributed by atoms with Gasteiger partial charge in [-0.1, -0.05) is 0 Å². The molecule has 0 atom stereocenters. The van der Waals surface area contributed by atoms with Crippen LogP contribution in [0, 0.1) is 5.82 Å². The zero-order valence-electron chi connectivity index (χ0n) is 10.9. The molecule has 0 saturated carbocycles. The minimum Gasteiger partial charge on any atom is -0.494 e. The molecule has 0 aliphatic heterocycles. The van der Waals surface area contributed by atoms with Crippen LogP contribution in [0.4, 0.5) is 10.1 Å². The van der Waals surface area contributed by atoms with Crippen molar-refractivity contribution in [3.8, 4) is 16.9 Å². The first-order valence-corrected chi connectivity index (χ1v) is 5.80. The fraction of sp³-hybridized carbons (Fsp3) is 0.308. The van der Waals surface area contributed by atoms with Crippen LogP contribution in [0.2, 0.25) is 0 Å². The molecule has 0 bridgehead atoms. The fourth-order valence-corrected chi connectivity index (χ4v) is 1.75. The van der Waals surface area contributed by atoms with E-state index < -0.39 is 5.82 Å². The van der Waals surface area contributed by atoms with Gasteiger partial charge in [0.2, 0.25) is 0 Å². The summed E-state index contributed by atoms with van der Waals surface area (Å²) in [6.07, 6.45) is 3.49. The second-order valence-electron chi connectivity index (χ2n) is 4.06. The van der Waals surface area contributed by atoms with E-state index in [4.69, 9.17) is 15.2 Å². The average Bonchev–Trinajstić information content (AvgIpc) is 2.88. The van der Waals surface area contributed by atoms with Gasteiger partial charge in [-0.15, -0.1) is 0 Å². The molecule has 1 aromatic heterocycles. The first-order chi connectivity index (χ1) is 9.15. The summed E-state index contributed by atoms with van der Waals surface area (Å²) in [5.74, 6) is -0.182. The lowest BCUT2D eigenvalue weighted by atomic mass is 10.1. The maximum atomic E-state index is 13.7. The Hall–Kier alpha value is -2.08. The molecule has 2 N–H and O–H groups in total. The zero-order valence-corrected chi connectivity index (χ0v) is 10.9. The number of halogens is 1. The maximum Gasteiger partial charge on any atom is 0.150 e. The Morgan fingerprint density at radius 3 is 2.79 bits per heavy atom. The minimum atomic E-state index is -0.501. The van der Waals surface area contributed by atoms with Gasteiger partial charge in [0.25, 0.3) is 0 Å². The number of hydrogen-bond acceptors (Lipinski definition) is 4. The molecular formula is C13H16FN3O2. The van der Waals surface area contributed by atoms with Crippen LogP contribution in [0.5, 0.6) is 5.75 Å². The number of nitrogens with zero attached hydrogens (tertiary/aromatic N) is 2. The van der Waals surface area contributed by atoms with E-state index in [9.17, 15) is 4.39 Å². The van der Waals surface area contributed by atoms with Crippen LogP contribution in [0.25, 0.3) is 11.1 Å². The largest absolute Gasteiger partial charge is 0.494 e. The van der Waals surface area contributed by atoms with Crippen LogP contribution >= 0.6 is 0 Å². The molecule has 102 valence electrons. The molecule has 1 aromatic carbocycles. The SMILES string of the molecule is COCCn1cc(-c2cc(F)c(N)c(OC)c2)cn1. The predicted molar refractivity (Wildman–Crippen MR) is 70.5 cm³/mol. The van der Waals surface area contributed by atoms with Gasteiger partial charge in [-0.3, -0.25) is 4.68 Å². The Morgan fingerprint density at radius 2 is 2.11 bits per heavy atom. The highest BCUT2D eigenvalue weighted by atomic mass is 19.1. The number of rotatable bonds is 5. The van der Waals surface area contributed by atoms with E-state index in [0.29, 0.717) is 24.5 Å². The average molecular weight is 265 g/mol. The van der Waals surface area contributed by atoms with E-state index in [1.165, 1.54) is 13.2 Å². The second-order valence-corrected chi connectivity index (χ2v) is 4.06. The summed E-state index contributed by atoms with van der Waals surface area (Å²) in [4.78, 5) is 0. The topological polar surface area (TPSA) is 62.3 Å². The summed E-state index contributed by atoms with van der Waals surface area (Å²) in [7, 11) is 3.08. The highest BCUT2D eigenvalue weighted by Crippen LogP contribution is 2.31. The number of nitrogen functional groups attached to an aromatic ring is 1. The summed E-state index contributed by atoms with van der Waals surface area (Å²) in [6, 6.07) is 3.06. The van der Waals surface area contributed by atoms with E-state index in [1.807, 2.05) is 6.20 Å². The zero-order chi connectivity index (χ0) is 13.8. The van der Waals surface area contributed by atoms with E-state index >= 15 is 0 Å². The number of hydrogen-bond donors (Lipinski definition) is 1. The number of nitrogens with two attached hydrogens (primary N) is 1. The third kappa shape index (κ3) is 2.85. The second kappa shape index (κ2) is 5.71. The van der Waals surface area contributed by atoms with Crippen molar-refractivity contribution >= 4 is 5.69 Å².